The van der Waals surface area contributed by atoms with Gasteiger partial charge in [-0.2, -0.15) is 0 Å². The molecule has 1 saturated carbocycles. The van der Waals surface area contributed by atoms with Gasteiger partial charge in [-0.15, -0.1) is 0 Å². The zero-order valence-corrected chi connectivity index (χ0v) is 9.63. The van der Waals surface area contributed by atoms with Crippen molar-refractivity contribution in [3.63, 3.8) is 0 Å². The van der Waals surface area contributed by atoms with Crippen LogP contribution in [0.3, 0.4) is 0 Å². The highest BCUT2D eigenvalue weighted by atomic mass is 16.6. The van der Waals surface area contributed by atoms with Crippen LogP contribution in [0.1, 0.15) is 45.4 Å². The number of ether oxygens (including phenoxy) is 1. The molecule has 3 nitrogen and oxygen atoms in total. The van der Waals surface area contributed by atoms with E-state index in [2.05, 4.69) is 0 Å². The molecule has 0 bridgehead atoms. The monoisotopic (exact) mass is 211 g/mol. The van der Waals surface area contributed by atoms with E-state index in [1.807, 2.05) is 11.8 Å². The van der Waals surface area contributed by atoms with Gasteiger partial charge in [-0.1, -0.05) is 19.3 Å². The molecule has 0 radical (unpaired) electrons. The van der Waals surface area contributed by atoms with Crippen LogP contribution < -0.4 is 0 Å². The summed E-state index contributed by atoms with van der Waals surface area (Å²) in [7, 11) is 0. The Bertz CT molecular complexity index is 234. The van der Waals surface area contributed by atoms with E-state index in [-0.39, 0.29) is 6.09 Å². The molecule has 0 aromatic carbocycles. The van der Waals surface area contributed by atoms with Crippen LogP contribution in [0, 0.1) is 5.41 Å². The van der Waals surface area contributed by atoms with E-state index in [1.54, 1.807) is 0 Å². The summed E-state index contributed by atoms with van der Waals surface area (Å²) in [6.07, 6.45) is 7.76. The SMILES string of the molecule is CCOC(=O)N1CCC2(CCCCC2)C1. The number of hydrogen-bond donors (Lipinski definition) is 0. The molecule has 86 valence electrons. The lowest BCUT2D eigenvalue weighted by Crippen LogP contribution is -2.33. The molecule has 15 heavy (non-hydrogen) atoms. The Morgan fingerprint density at radius 2 is 2.00 bits per heavy atom. The molecule has 1 saturated heterocycles. The summed E-state index contributed by atoms with van der Waals surface area (Å²) >= 11 is 0. The maximum atomic E-state index is 11.6. The molecule has 0 aromatic rings. The van der Waals surface area contributed by atoms with Gasteiger partial charge in [-0.3, -0.25) is 0 Å². The van der Waals surface area contributed by atoms with E-state index >= 15 is 0 Å². The largest absolute Gasteiger partial charge is 0.450 e. The first-order valence-corrected chi connectivity index (χ1v) is 6.17. The Kier molecular flexibility index (Phi) is 3.17. The van der Waals surface area contributed by atoms with Crippen LogP contribution in [0.2, 0.25) is 0 Å². The number of amides is 1. The van der Waals surface area contributed by atoms with E-state index in [4.69, 9.17) is 4.74 Å². The average Bonchev–Trinajstić information content (AvgIpc) is 2.64. The second-order valence-corrected chi connectivity index (χ2v) is 4.93. The molecule has 0 aromatic heterocycles. The quantitative estimate of drug-likeness (QED) is 0.667. The number of likely N-dealkylation sites (tertiary alicyclic amines) is 1. The third kappa shape index (κ3) is 2.27. The molecule has 1 amide bonds. The van der Waals surface area contributed by atoms with Crippen molar-refractivity contribution in [2.24, 2.45) is 5.41 Å². The molecule has 1 aliphatic carbocycles. The van der Waals surface area contributed by atoms with Gasteiger partial charge in [0.15, 0.2) is 0 Å². The summed E-state index contributed by atoms with van der Waals surface area (Å²) in [5.74, 6) is 0. The minimum absolute atomic E-state index is 0.111. The van der Waals surface area contributed by atoms with Crippen LogP contribution in [0.15, 0.2) is 0 Å². The van der Waals surface area contributed by atoms with Gasteiger partial charge in [-0.05, 0) is 31.6 Å². The van der Waals surface area contributed by atoms with E-state index in [0.717, 1.165) is 13.1 Å². The van der Waals surface area contributed by atoms with Crippen LogP contribution in [0.5, 0.6) is 0 Å². The molecule has 2 rings (SSSR count). The van der Waals surface area contributed by atoms with Crippen molar-refractivity contribution in [3.05, 3.63) is 0 Å². The van der Waals surface area contributed by atoms with Gasteiger partial charge < -0.3 is 9.64 Å². The Balaban J connectivity index is 1.90. The molecule has 0 atom stereocenters. The maximum Gasteiger partial charge on any atom is 0.409 e. The summed E-state index contributed by atoms with van der Waals surface area (Å²) in [6, 6.07) is 0. The summed E-state index contributed by atoms with van der Waals surface area (Å²) in [4.78, 5) is 13.5. The van der Waals surface area contributed by atoms with Gasteiger partial charge in [-0.25, -0.2) is 4.79 Å². The molecule has 1 spiro atoms. The molecule has 2 aliphatic rings. The molecule has 1 heterocycles. The second kappa shape index (κ2) is 4.42. The van der Waals surface area contributed by atoms with Crippen molar-refractivity contribution in [2.45, 2.75) is 45.4 Å². The zero-order valence-electron chi connectivity index (χ0n) is 9.63. The lowest BCUT2D eigenvalue weighted by molar-refractivity contribution is 0.106. The molecular weight excluding hydrogens is 190 g/mol. The van der Waals surface area contributed by atoms with Crippen molar-refractivity contribution in [1.29, 1.82) is 0 Å². The Morgan fingerprint density at radius 3 is 2.67 bits per heavy atom. The first-order chi connectivity index (χ1) is 7.26. The fourth-order valence-electron chi connectivity index (χ4n) is 3.02. The predicted octanol–water partition coefficient (Wildman–Crippen LogP) is 2.80. The summed E-state index contributed by atoms with van der Waals surface area (Å²) < 4.78 is 5.05. The van der Waals surface area contributed by atoms with Crippen molar-refractivity contribution < 1.29 is 9.53 Å². The number of rotatable bonds is 1. The lowest BCUT2D eigenvalue weighted by Gasteiger charge is -2.32. The summed E-state index contributed by atoms with van der Waals surface area (Å²) in [5, 5.41) is 0. The van der Waals surface area contributed by atoms with Crippen LogP contribution in [0.25, 0.3) is 0 Å². The second-order valence-electron chi connectivity index (χ2n) is 4.93. The third-order valence-corrected chi connectivity index (χ3v) is 3.88. The molecule has 2 fully saturated rings. The summed E-state index contributed by atoms with van der Waals surface area (Å²) in [6.45, 7) is 4.19. The minimum atomic E-state index is -0.111. The first kappa shape index (κ1) is 10.8. The molecule has 0 unspecified atom stereocenters. The van der Waals surface area contributed by atoms with Crippen LogP contribution in [0.4, 0.5) is 4.79 Å². The van der Waals surface area contributed by atoms with Crippen LogP contribution in [-0.4, -0.2) is 30.7 Å². The number of carbonyl (C=O) groups is 1. The van der Waals surface area contributed by atoms with Crippen LogP contribution >= 0.6 is 0 Å². The third-order valence-electron chi connectivity index (χ3n) is 3.88. The highest BCUT2D eigenvalue weighted by Crippen LogP contribution is 2.43. The molecule has 1 aliphatic heterocycles. The van der Waals surface area contributed by atoms with Crippen molar-refractivity contribution in [3.8, 4) is 0 Å². The normalized spacial score (nSPS) is 24.5. The highest BCUT2D eigenvalue weighted by Gasteiger charge is 2.40. The minimum Gasteiger partial charge on any atom is -0.450 e. The van der Waals surface area contributed by atoms with Crippen molar-refractivity contribution >= 4 is 6.09 Å². The topological polar surface area (TPSA) is 29.5 Å². The van der Waals surface area contributed by atoms with Gasteiger partial charge in [0.05, 0.1) is 6.61 Å². The number of carbonyl (C=O) groups excluding carboxylic acids is 1. The van der Waals surface area contributed by atoms with Gasteiger partial charge in [0.1, 0.15) is 0 Å². The fourth-order valence-corrected chi connectivity index (χ4v) is 3.02. The predicted molar refractivity (Wildman–Crippen MR) is 58.7 cm³/mol. The van der Waals surface area contributed by atoms with Gasteiger partial charge >= 0.3 is 6.09 Å². The average molecular weight is 211 g/mol. The van der Waals surface area contributed by atoms with Crippen LogP contribution in [-0.2, 0) is 4.74 Å². The van der Waals surface area contributed by atoms with E-state index in [9.17, 15) is 4.79 Å². The van der Waals surface area contributed by atoms with Crippen molar-refractivity contribution in [1.82, 2.24) is 4.90 Å². The molecule has 0 N–H and O–H groups in total. The number of nitrogens with zero attached hydrogens (tertiary/aromatic N) is 1. The Labute approximate surface area is 91.8 Å². The Morgan fingerprint density at radius 1 is 1.27 bits per heavy atom. The standard InChI is InChI=1S/C12H21NO2/c1-2-15-11(14)13-9-8-12(10-13)6-4-3-5-7-12/h2-10H2,1H3. The van der Waals surface area contributed by atoms with Gasteiger partial charge in [0.2, 0.25) is 0 Å². The lowest BCUT2D eigenvalue weighted by atomic mass is 9.74. The number of hydrogen-bond acceptors (Lipinski definition) is 2. The fraction of sp³-hybridized carbons (Fsp3) is 0.917. The van der Waals surface area contributed by atoms with Gasteiger partial charge in [0.25, 0.3) is 0 Å². The Hall–Kier alpha value is -0.730. The molecular formula is C12H21NO2. The first-order valence-electron chi connectivity index (χ1n) is 6.17. The highest BCUT2D eigenvalue weighted by molar-refractivity contribution is 5.68. The summed E-state index contributed by atoms with van der Waals surface area (Å²) in [5.41, 5.74) is 0.449. The van der Waals surface area contributed by atoms with E-state index in [1.165, 1.54) is 38.5 Å². The van der Waals surface area contributed by atoms with E-state index < -0.39 is 0 Å². The zero-order chi connectivity index (χ0) is 10.7. The van der Waals surface area contributed by atoms with E-state index in [0.29, 0.717) is 12.0 Å². The van der Waals surface area contributed by atoms with Gasteiger partial charge in [0, 0.05) is 13.1 Å². The maximum absolute atomic E-state index is 11.6. The molecule has 3 heteroatoms. The smallest absolute Gasteiger partial charge is 0.409 e. The van der Waals surface area contributed by atoms with Crippen molar-refractivity contribution in [2.75, 3.05) is 19.7 Å².